The lowest BCUT2D eigenvalue weighted by Gasteiger charge is -2.03. The molecule has 0 amide bonds. The Kier molecular flexibility index (Phi) is 5.95. The first-order chi connectivity index (χ1) is 7.18. The summed E-state index contributed by atoms with van der Waals surface area (Å²) in [7, 11) is -6.92. The third-order valence-electron chi connectivity index (χ3n) is 1.85. The van der Waals surface area contributed by atoms with Gasteiger partial charge in [-0.05, 0) is 6.42 Å². The van der Waals surface area contributed by atoms with Crippen LogP contribution in [0.25, 0.3) is 0 Å². The van der Waals surface area contributed by atoms with Crippen LogP contribution in [-0.4, -0.2) is 50.9 Å². The van der Waals surface area contributed by atoms with Gasteiger partial charge in [-0.2, -0.15) is 0 Å². The van der Waals surface area contributed by atoms with Crippen LogP contribution in [0.4, 0.5) is 0 Å². The minimum absolute atomic E-state index is 0.0402. The molecule has 0 aromatic rings. The molecule has 0 unspecified atom stereocenters. The van der Waals surface area contributed by atoms with Crippen molar-refractivity contribution in [1.82, 2.24) is 0 Å². The highest BCUT2D eigenvalue weighted by Crippen LogP contribution is 2.00. The maximum absolute atomic E-state index is 11.3. The Morgan fingerprint density at radius 2 is 1.38 bits per heavy atom. The van der Waals surface area contributed by atoms with Gasteiger partial charge in [-0.25, -0.2) is 16.8 Å². The summed E-state index contributed by atoms with van der Waals surface area (Å²) in [6, 6.07) is 0. The molecule has 0 radical (unpaired) electrons. The highest BCUT2D eigenvalue weighted by atomic mass is 32.2. The molecule has 1 N–H and O–H groups in total. The van der Waals surface area contributed by atoms with Crippen LogP contribution in [0.15, 0.2) is 0 Å². The standard InChI is InChI=1S/C8H16O6S2/c1-2-4-15(11,12)6-7-16(13,14)5-3-8(9)10/h2-7H2,1H3,(H,9,10). The Labute approximate surface area is 95.5 Å². The second-order valence-corrected chi connectivity index (χ2v) is 8.05. The van der Waals surface area contributed by atoms with Gasteiger partial charge in [0.2, 0.25) is 0 Å². The number of aliphatic carboxylic acids is 1. The number of carboxylic acid groups (broad SMARTS) is 1. The smallest absolute Gasteiger partial charge is 0.304 e. The Bertz CT molecular complexity index is 419. The largest absolute Gasteiger partial charge is 0.481 e. The Hall–Kier alpha value is -0.630. The molecule has 0 aromatic carbocycles. The SMILES string of the molecule is CCCS(=O)(=O)CCS(=O)(=O)CCC(=O)O. The minimum Gasteiger partial charge on any atom is -0.481 e. The molecule has 0 atom stereocenters. The molecule has 6 nitrogen and oxygen atoms in total. The summed E-state index contributed by atoms with van der Waals surface area (Å²) >= 11 is 0. The number of hydrogen-bond acceptors (Lipinski definition) is 5. The van der Waals surface area contributed by atoms with E-state index in [9.17, 15) is 21.6 Å². The molecule has 8 heteroatoms. The summed E-state index contributed by atoms with van der Waals surface area (Å²) in [5.41, 5.74) is 0. The second kappa shape index (κ2) is 6.19. The molecule has 0 aliphatic carbocycles. The maximum Gasteiger partial charge on any atom is 0.304 e. The van der Waals surface area contributed by atoms with Crippen molar-refractivity contribution in [2.24, 2.45) is 0 Å². The van der Waals surface area contributed by atoms with Crippen molar-refractivity contribution < 1.29 is 26.7 Å². The average Bonchev–Trinajstić information content (AvgIpc) is 2.13. The number of sulfone groups is 2. The quantitative estimate of drug-likeness (QED) is 0.650. The van der Waals surface area contributed by atoms with Crippen LogP contribution >= 0.6 is 0 Å². The van der Waals surface area contributed by atoms with Crippen molar-refractivity contribution in [3.05, 3.63) is 0 Å². The van der Waals surface area contributed by atoms with E-state index in [1.54, 1.807) is 6.92 Å². The lowest BCUT2D eigenvalue weighted by Crippen LogP contribution is -2.22. The molecule has 16 heavy (non-hydrogen) atoms. The zero-order valence-electron chi connectivity index (χ0n) is 9.05. The summed E-state index contributed by atoms with van der Waals surface area (Å²) in [4.78, 5) is 10.2. The Morgan fingerprint density at radius 3 is 1.75 bits per heavy atom. The van der Waals surface area contributed by atoms with Gasteiger partial charge in [0.15, 0.2) is 19.7 Å². The molecule has 0 aliphatic rings. The highest BCUT2D eigenvalue weighted by molar-refractivity contribution is 7.95. The van der Waals surface area contributed by atoms with E-state index < -0.39 is 49.3 Å². The van der Waals surface area contributed by atoms with Gasteiger partial charge in [0.05, 0.1) is 23.7 Å². The number of rotatable bonds is 8. The Balaban J connectivity index is 4.24. The minimum atomic E-state index is -3.59. The molecule has 96 valence electrons. The van der Waals surface area contributed by atoms with E-state index in [2.05, 4.69) is 0 Å². The molecular weight excluding hydrogens is 256 g/mol. The van der Waals surface area contributed by atoms with Crippen LogP contribution in [0.2, 0.25) is 0 Å². The van der Waals surface area contributed by atoms with Crippen molar-refractivity contribution in [2.45, 2.75) is 19.8 Å². The molecule has 0 fully saturated rings. The van der Waals surface area contributed by atoms with Crippen LogP contribution in [0.1, 0.15) is 19.8 Å². The summed E-state index contributed by atoms with van der Waals surface area (Å²) in [6.45, 7) is 1.69. The van der Waals surface area contributed by atoms with Gasteiger partial charge < -0.3 is 5.11 Å². The molecule has 0 rings (SSSR count). The van der Waals surface area contributed by atoms with E-state index in [4.69, 9.17) is 5.11 Å². The third-order valence-corrected chi connectivity index (χ3v) is 5.61. The van der Waals surface area contributed by atoms with E-state index in [1.807, 2.05) is 0 Å². The molecule has 0 bridgehead atoms. The zero-order valence-corrected chi connectivity index (χ0v) is 10.7. The van der Waals surface area contributed by atoms with Gasteiger partial charge >= 0.3 is 5.97 Å². The van der Waals surface area contributed by atoms with Gasteiger partial charge in [-0.3, -0.25) is 4.79 Å². The van der Waals surface area contributed by atoms with E-state index in [-0.39, 0.29) is 5.75 Å². The van der Waals surface area contributed by atoms with Crippen molar-refractivity contribution in [3.8, 4) is 0 Å². The lowest BCUT2D eigenvalue weighted by atomic mass is 10.5. The number of carboxylic acids is 1. The van der Waals surface area contributed by atoms with Crippen molar-refractivity contribution in [1.29, 1.82) is 0 Å². The molecule has 0 aromatic heterocycles. The second-order valence-electron chi connectivity index (χ2n) is 3.45. The predicted molar refractivity (Wildman–Crippen MR) is 59.9 cm³/mol. The van der Waals surface area contributed by atoms with Crippen molar-refractivity contribution in [2.75, 3.05) is 23.0 Å². The summed E-state index contributed by atoms with van der Waals surface area (Å²) in [5, 5.41) is 8.31. The number of carbonyl (C=O) groups is 1. The predicted octanol–water partition coefficient (Wildman–Crippen LogP) is -0.299. The molecule has 0 saturated carbocycles. The normalized spacial score (nSPS) is 12.6. The van der Waals surface area contributed by atoms with Gasteiger partial charge in [0, 0.05) is 5.75 Å². The van der Waals surface area contributed by atoms with Gasteiger partial charge in [-0.1, -0.05) is 6.92 Å². The summed E-state index contributed by atoms with van der Waals surface area (Å²) < 4.78 is 45.0. The highest BCUT2D eigenvalue weighted by Gasteiger charge is 2.18. The zero-order chi connectivity index (χ0) is 12.8. The van der Waals surface area contributed by atoms with Crippen LogP contribution in [0.5, 0.6) is 0 Å². The van der Waals surface area contributed by atoms with E-state index in [0.717, 1.165) is 0 Å². The first kappa shape index (κ1) is 15.4. The topological polar surface area (TPSA) is 106 Å². The fourth-order valence-corrected chi connectivity index (χ4v) is 4.56. The molecule has 0 saturated heterocycles. The van der Waals surface area contributed by atoms with Gasteiger partial charge in [0.25, 0.3) is 0 Å². The molecule has 0 heterocycles. The lowest BCUT2D eigenvalue weighted by molar-refractivity contribution is -0.136. The van der Waals surface area contributed by atoms with E-state index in [0.29, 0.717) is 6.42 Å². The molecular formula is C8H16O6S2. The van der Waals surface area contributed by atoms with Crippen LogP contribution in [0.3, 0.4) is 0 Å². The van der Waals surface area contributed by atoms with E-state index >= 15 is 0 Å². The van der Waals surface area contributed by atoms with Gasteiger partial charge in [-0.15, -0.1) is 0 Å². The maximum atomic E-state index is 11.3. The fraction of sp³-hybridized carbons (Fsp3) is 0.875. The summed E-state index contributed by atoms with van der Waals surface area (Å²) in [5.74, 6) is -2.68. The Morgan fingerprint density at radius 1 is 0.938 bits per heavy atom. The monoisotopic (exact) mass is 272 g/mol. The van der Waals surface area contributed by atoms with Crippen LogP contribution in [0, 0.1) is 0 Å². The van der Waals surface area contributed by atoms with E-state index in [1.165, 1.54) is 0 Å². The van der Waals surface area contributed by atoms with Gasteiger partial charge in [0.1, 0.15) is 0 Å². The molecule has 0 spiro atoms. The number of hydrogen-bond donors (Lipinski definition) is 1. The van der Waals surface area contributed by atoms with Crippen molar-refractivity contribution >= 4 is 25.6 Å². The first-order valence-electron chi connectivity index (χ1n) is 4.81. The summed E-state index contributed by atoms with van der Waals surface area (Å²) in [6.07, 6.45) is -0.0480. The van der Waals surface area contributed by atoms with Crippen LogP contribution < -0.4 is 0 Å². The van der Waals surface area contributed by atoms with Crippen molar-refractivity contribution in [3.63, 3.8) is 0 Å². The average molecular weight is 272 g/mol. The third kappa shape index (κ3) is 7.63. The molecule has 0 aliphatic heterocycles. The first-order valence-corrected chi connectivity index (χ1v) is 8.45. The fourth-order valence-electron chi connectivity index (χ4n) is 1.01. The van der Waals surface area contributed by atoms with Crippen LogP contribution in [-0.2, 0) is 24.5 Å².